The number of amides is 2. The van der Waals surface area contributed by atoms with Crippen molar-refractivity contribution in [1.82, 2.24) is 9.80 Å². The molecule has 0 bridgehead atoms. The molecule has 7 heteroatoms. The van der Waals surface area contributed by atoms with Crippen molar-refractivity contribution < 1.29 is 19.1 Å². The normalized spacial score (nSPS) is 21.8. The van der Waals surface area contributed by atoms with Crippen LogP contribution in [-0.2, 0) is 16.0 Å². The molecule has 194 valence electrons. The molecule has 1 fully saturated rings. The van der Waals surface area contributed by atoms with Gasteiger partial charge in [0, 0.05) is 30.6 Å². The summed E-state index contributed by atoms with van der Waals surface area (Å²) in [6.07, 6.45) is 3.84. The van der Waals surface area contributed by atoms with Crippen molar-refractivity contribution >= 4 is 23.4 Å². The summed E-state index contributed by atoms with van der Waals surface area (Å²) in [5.74, 6) is 1.56. The molecule has 0 saturated heterocycles. The van der Waals surface area contributed by atoms with Gasteiger partial charge in [-0.05, 0) is 87.4 Å². The maximum atomic E-state index is 13.7. The summed E-state index contributed by atoms with van der Waals surface area (Å²) in [5.41, 5.74) is 3.05. The van der Waals surface area contributed by atoms with Crippen LogP contribution in [0.15, 0.2) is 36.4 Å². The molecule has 1 heterocycles. The second-order valence-corrected chi connectivity index (χ2v) is 10.5. The Morgan fingerprint density at radius 1 is 1.11 bits per heavy atom. The summed E-state index contributed by atoms with van der Waals surface area (Å²) in [7, 11) is 1.63. The Morgan fingerprint density at radius 2 is 1.78 bits per heavy atom. The number of ether oxygens (including phenoxy) is 2. The maximum Gasteiger partial charge on any atom is 0.228 e. The van der Waals surface area contributed by atoms with Gasteiger partial charge in [-0.15, -0.1) is 0 Å². The first-order valence-electron chi connectivity index (χ1n) is 12.9. The minimum absolute atomic E-state index is 0.00896. The van der Waals surface area contributed by atoms with Gasteiger partial charge < -0.3 is 19.3 Å². The minimum Gasteiger partial charge on any atom is -0.493 e. The van der Waals surface area contributed by atoms with E-state index in [0.29, 0.717) is 29.5 Å². The number of rotatable bonds is 7. The van der Waals surface area contributed by atoms with Crippen LogP contribution in [0.25, 0.3) is 0 Å². The number of hydrogen-bond donors (Lipinski definition) is 0. The van der Waals surface area contributed by atoms with Crippen molar-refractivity contribution in [2.45, 2.75) is 84.0 Å². The van der Waals surface area contributed by atoms with Gasteiger partial charge in [0.15, 0.2) is 11.5 Å². The average Bonchev–Trinajstić information content (AvgIpc) is 2.84. The average molecular weight is 513 g/mol. The first-order valence-corrected chi connectivity index (χ1v) is 13.3. The predicted molar refractivity (Wildman–Crippen MR) is 142 cm³/mol. The van der Waals surface area contributed by atoms with Gasteiger partial charge in [-0.1, -0.05) is 23.7 Å². The maximum absolute atomic E-state index is 13.7. The molecule has 2 amide bonds. The van der Waals surface area contributed by atoms with Gasteiger partial charge >= 0.3 is 0 Å². The Labute approximate surface area is 219 Å². The summed E-state index contributed by atoms with van der Waals surface area (Å²) in [6.45, 7) is 8.37. The minimum atomic E-state index is -0.240. The Kier molecular flexibility index (Phi) is 8.13. The van der Waals surface area contributed by atoms with Crippen molar-refractivity contribution in [2.24, 2.45) is 0 Å². The lowest BCUT2D eigenvalue weighted by Gasteiger charge is -2.46. The molecule has 0 radical (unpaired) electrons. The molecule has 1 unspecified atom stereocenters. The van der Waals surface area contributed by atoms with Gasteiger partial charge in [0.1, 0.15) is 0 Å². The lowest BCUT2D eigenvalue weighted by atomic mass is 9.82. The molecule has 1 aliphatic heterocycles. The fourth-order valence-electron chi connectivity index (χ4n) is 5.86. The summed E-state index contributed by atoms with van der Waals surface area (Å²) in [6, 6.07) is 11.9. The van der Waals surface area contributed by atoms with Crippen LogP contribution in [0.4, 0.5) is 0 Å². The molecular weight excluding hydrogens is 476 g/mol. The summed E-state index contributed by atoms with van der Waals surface area (Å²) in [4.78, 5) is 29.9. The van der Waals surface area contributed by atoms with Crippen LogP contribution in [0.1, 0.15) is 76.1 Å². The zero-order valence-electron chi connectivity index (χ0n) is 21.9. The number of benzene rings is 2. The number of nitrogens with zero attached hydrogens (tertiary/aromatic N) is 2. The zero-order valence-corrected chi connectivity index (χ0v) is 22.7. The third kappa shape index (κ3) is 5.34. The van der Waals surface area contributed by atoms with Crippen LogP contribution in [0.3, 0.4) is 0 Å². The smallest absolute Gasteiger partial charge is 0.228 e. The Balaban J connectivity index is 1.73. The van der Waals surface area contributed by atoms with E-state index in [9.17, 15) is 9.59 Å². The fraction of sp³-hybridized carbons (Fsp3) is 0.517. The van der Waals surface area contributed by atoms with Crippen molar-refractivity contribution in [3.63, 3.8) is 0 Å². The molecule has 0 spiro atoms. The summed E-state index contributed by atoms with van der Waals surface area (Å²) in [5, 5.41) is 0.663. The lowest BCUT2D eigenvalue weighted by molar-refractivity contribution is -0.138. The summed E-state index contributed by atoms with van der Waals surface area (Å²) >= 11 is 6.22. The van der Waals surface area contributed by atoms with Gasteiger partial charge in [-0.25, -0.2) is 0 Å². The van der Waals surface area contributed by atoms with Crippen LogP contribution in [0.2, 0.25) is 5.02 Å². The quantitative estimate of drug-likeness (QED) is 0.471. The van der Waals surface area contributed by atoms with E-state index in [-0.39, 0.29) is 36.0 Å². The molecule has 36 heavy (non-hydrogen) atoms. The third-order valence-electron chi connectivity index (χ3n) is 7.42. The fourth-order valence-corrected chi connectivity index (χ4v) is 5.99. The molecule has 0 N–H and O–H groups in total. The van der Waals surface area contributed by atoms with Crippen LogP contribution in [-0.4, -0.2) is 53.5 Å². The van der Waals surface area contributed by atoms with Crippen molar-refractivity contribution in [1.29, 1.82) is 0 Å². The van der Waals surface area contributed by atoms with Crippen LogP contribution < -0.4 is 9.47 Å². The van der Waals surface area contributed by atoms with E-state index in [4.69, 9.17) is 21.1 Å². The monoisotopic (exact) mass is 512 g/mol. The van der Waals surface area contributed by atoms with Crippen molar-refractivity contribution in [3.8, 4) is 11.5 Å². The third-order valence-corrected chi connectivity index (χ3v) is 7.67. The van der Waals surface area contributed by atoms with Crippen molar-refractivity contribution in [3.05, 3.63) is 58.1 Å². The van der Waals surface area contributed by atoms with Gasteiger partial charge in [-0.3, -0.25) is 9.59 Å². The Morgan fingerprint density at radius 3 is 2.33 bits per heavy atom. The molecule has 2 aliphatic rings. The van der Waals surface area contributed by atoms with E-state index in [1.807, 2.05) is 62.1 Å². The van der Waals surface area contributed by atoms with E-state index in [0.717, 1.165) is 42.4 Å². The SMILES string of the molecule is CCN(C(C)=O)C1CCC(N2C(=O)Cc3cc(OC)c(OC(C)C)cc3C2c2ccc(Cl)cc2)CC1. The van der Waals surface area contributed by atoms with E-state index >= 15 is 0 Å². The van der Waals surface area contributed by atoms with E-state index in [1.54, 1.807) is 14.0 Å². The van der Waals surface area contributed by atoms with Gasteiger partial charge in [0.2, 0.25) is 11.8 Å². The predicted octanol–water partition coefficient (Wildman–Crippen LogP) is 5.79. The zero-order chi connectivity index (χ0) is 26.0. The molecule has 2 aromatic rings. The number of methoxy groups -OCH3 is 1. The topological polar surface area (TPSA) is 59.1 Å². The molecule has 1 aliphatic carbocycles. The molecule has 0 aromatic heterocycles. The highest BCUT2D eigenvalue weighted by atomic mass is 35.5. The van der Waals surface area contributed by atoms with Crippen molar-refractivity contribution in [2.75, 3.05) is 13.7 Å². The first kappa shape index (κ1) is 26.3. The molecule has 1 saturated carbocycles. The molecule has 6 nitrogen and oxygen atoms in total. The van der Waals surface area contributed by atoms with Crippen LogP contribution in [0, 0.1) is 0 Å². The largest absolute Gasteiger partial charge is 0.493 e. The second-order valence-electron chi connectivity index (χ2n) is 10.1. The first-order chi connectivity index (χ1) is 17.2. The molecule has 1 atom stereocenters. The highest BCUT2D eigenvalue weighted by molar-refractivity contribution is 6.30. The number of carbonyl (C=O) groups is 2. The van der Waals surface area contributed by atoms with E-state index < -0.39 is 0 Å². The van der Waals surface area contributed by atoms with Gasteiger partial charge in [0.05, 0.1) is 25.7 Å². The highest BCUT2D eigenvalue weighted by Gasteiger charge is 2.40. The number of halogens is 1. The number of hydrogen-bond acceptors (Lipinski definition) is 4. The van der Waals surface area contributed by atoms with E-state index in [1.165, 1.54) is 0 Å². The van der Waals surface area contributed by atoms with Gasteiger partial charge in [0.25, 0.3) is 0 Å². The van der Waals surface area contributed by atoms with Gasteiger partial charge in [-0.2, -0.15) is 0 Å². The Hall–Kier alpha value is -2.73. The molecule has 4 rings (SSSR count). The standard InChI is InChI=1S/C29H37ClN2O4/c1-6-31(19(4)33)23-11-13-24(14-12-23)32-28(34)16-21-15-26(35-5)27(36-18(2)3)17-25(21)29(32)20-7-9-22(30)10-8-20/h7-10,15,17-18,23-24,29H,6,11-14,16H2,1-5H3. The van der Waals surface area contributed by atoms with Crippen LogP contribution >= 0.6 is 11.6 Å². The van der Waals surface area contributed by atoms with E-state index in [2.05, 4.69) is 4.90 Å². The lowest BCUT2D eigenvalue weighted by Crippen LogP contribution is -2.50. The molecular formula is C29H37ClN2O4. The Bertz CT molecular complexity index is 1090. The number of fused-ring (bicyclic) bond motifs is 1. The summed E-state index contributed by atoms with van der Waals surface area (Å²) < 4.78 is 11.7. The second kappa shape index (κ2) is 11.1. The number of carbonyl (C=O) groups excluding carboxylic acids is 2. The molecule has 2 aromatic carbocycles. The highest BCUT2D eigenvalue weighted by Crippen LogP contribution is 2.44. The van der Waals surface area contributed by atoms with Crippen LogP contribution in [0.5, 0.6) is 11.5 Å².